The molecular weight excluding hydrogens is 262 g/mol. The van der Waals surface area contributed by atoms with Gasteiger partial charge >= 0.3 is 0 Å². The normalized spacial score (nSPS) is 16.0. The Morgan fingerprint density at radius 2 is 2.05 bits per heavy atom. The zero-order chi connectivity index (χ0) is 15.2. The predicted molar refractivity (Wildman–Crippen MR) is 87.6 cm³/mol. The number of nitrogens with one attached hydrogen (secondary N) is 2. The maximum atomic E-state index is 11.1. The standard InChI is InChI=1S/C17H27N3O/c1-4-18-12-15-5-6-17(11-13(15)2)20-9-7-16(8-10-20)19-14(3)21/h5-6,11,16,18H,4,7-10,12H2,1-3H3,(H,19,21). The monoisotopic (exact) mass is 289 g/mol. The average Bonchev–Trinajstić information content (AvgIpc) is 2.46. The summed E-state index contributed by atoms with van der Waals surface area (Å²) in [6.45, 7) is 9.86. The average molecular weight is 289 g/mol. The number of anilines is 1. The summed E-state index contributed by atoms with van der Waals surface area (Å²) in [5.74, 6) is 0.0806. The summed E-state index contributed by atoms with van der Waals surface area (Å²) in [4.78, 5) is 13.5. The quantitative estimate of drug-likeness (QED) is 0.873. The van der Waals surface area contributed by atoms with Crippen LogP contribution < -0.4 is 15.5 Å². The van der Waals surface area contributed by atoms with E-state index in [0.717, 1.165) is 39.0 Å². The third kappa shape index (κ3) is 4.46. The molecule has 1 aromatic carbocycles. The second-order valence-corrected chi connectivity index (χ2v) is 5.85. The van der Waals surface area contributed by atoms with Crippen LogP contribution in [0.3, 0.4) is 0 Å². The molecule has 1 aliphatic rings. The largest absolute Gasteiger partial charge is 0.371 e. The SMILES string of the molecule is CCNCc1ccc(N2CCC(NC(C)=O)CC2)cc1C. The molecule has 4 nitrogen and oxygen atoms in total. The molecular formula is C17H27N3O. The fraction of sp³-hybridized carbons (Fsp3) is 0.588. The molecule has 0 atom stereocenters. The molecule has 21 heavy (non-hydrogen) atoms. The van der Waals surface area contributed by atoms with Gasteiger partial charge in [0, 0.05) is 38.3 Å². The van der Waals surface area contributed by atoms with Crippen LogP contribution in [0.2, 0.25) is 0 Å². The van der Waals surface area contributed by atoms with Crippen LogP contribution in [-0.4, -0.2) is 31.6 Å². The lowest BCUT2D eigenvalue weighted by molar-refractivity contribution is -0.119. The van der Waals surface area contributed by atoms with Gasteiger partial charge in [0.05, 0.1) is 0 Å². The van der Waals surface area contributed by atoms with E-state index in [9.17, 15) is 4.79 Å². The van der Waals surface area contributed by atoms with Gasteiger partial charge < -0.3 is 15.5 Å². The second-order valence-electron chi connectivity index (χ2n) is 5.85. The van der Waals surface area contributed by atoms with Crippen molar-refractivity contribution in [2.24, 2.45) is 0 Å². The van der Waals surface area contributed by atoms with Crippen LogP contribution in [0.1, 0.15) is 37.8 Å². The highest BCUT2D eigenvalue weighted by molar-refractivity contribution is 5.73. The summed E-state index contributed by atoms with van der Waals surface area (Å²) < 4.78 is 0. The van der Waals surface area contributed by atoms with Gasteiger partial charge in [0.1, 0.15) is 0 Å². The third-order valence-electron chi connectivity index (χ3n) is 4.16. The lowest BCUT2D eigenvalue weighted by Gasteiger charge is -2.34. The highest BCUT2D eigenvalue weighted by atomic mass is 16.1. The van der Waals surface area contributed by atoms with Crippen molar-refractivity contribution < 1.29 is 4.79 Å². The van der Waals surface area contributed by atoms with E-state index in [1.54, 1.807) is 6.92 Å². The molecule has 0 aromatic heterocycles. The lowest BCUT2D eigenvalue weighted by atomic mass is 10.0. The maximum Gasteiger partial charge on any atom is 0.217 e. The van der Waals surface area contributed by atoms with Crippen molar-refractivity contribution in [3.8, 4) is 0 Å². The Bertz CT molecular complexity index is 479. The van der Waals surface area contributed by atoms with Crippen molar-refractivity contribution in [1.29, 1.82) is 0 Å². The van der Waals surface area contributed by atoms with Gasteiger partial charge in [-0.05, 0) is 49.6 Å². The number of nitrogens with zero attached hydrogens (tertiary/aromatic N) is 1. The molecule has 1 aromatic rings. The summed E-state index contributed by atoms with van der Waals surface area (Å²) in [5, 5.41) is 6.40. The Morgan fingerprint density at radius 1 is 1.33 bits per heavy atom. The number of rotatable bonds is 5. The molecule has 1 saturated heterocycles. The van der Waals surface area contributed by atoms with E-state index >= 15 is 0 Å². The van der Waals surface area contributed by atoms with Crippen molar-refractivity contribution in [3.05, 3.63) is 29.3 Å². The fourth-order valence-electron chi connectivity index (χ4n) is 2.90. The van der Waals surface area contributed by atoms with E-state index < -0.39 is 0 Å². The van der Waals surface area contributed by atoms with Crippen molar-refractivity contribution in [2.75, 3.05) is 24.5 Å². The van der Waals surface area contributed by atoms with Crippen molar-refractivity contribution in [3.63, 3.8) is 0 Å². The molecule has 2 rings (SSSR count). The zero-order valence-corrected chi connectivity index (χ0v) is 13.4. The van der Waals surface area contributed by atoms with Crippen molar-refractivity contribution in [2.45, 2.75) is 46.2 Å². The van der Waals surface area contributed by atoms with Crippen LogP contribution in [0.15, 0.2) is 18.2 Å². The van der Waals surface area contributed by atoms with E-state index in [0.29, 0.717) is 6.04 Å². The Balaban J connectivity index is 1.94. The highest BCUT2D eigenvalue weighted by Gasteiger charge is 2.20. The van der Waals surface area contributed by atoms with Crippen LogP contribution in [0, 0.1) is 6.92 Å². The number of piperidine rings is 1. The zero-order valence-electron chi connectivity index (χ0n) is 13.4. The Hall–Kier alpha value is -1.55. The second kappa shape index (κ2) is 7.46. The highest BCUT2D eigenvalue weighted by Crippen LogP contribution is 2.23. The van der Waals surface area contributed by atoms with Gasteiger partial charge in [-0.25, -0.2) is 0 Å². The van der Waals surface area contributed by atoms with Gasteiger partial charge in [0.2, 0.25) is 5.91 Å². The molecule has 0 unspecified atom stereocenters. The molecule has 0 radical (unpaired) electrons. The molecule has 2 N–H and O–H groups in total. The van der Waals surface area contributed by atoms with Crippen molar-refractivity contribution >= 4 is 11.6 Å². The minimum Gasteiger partial charge on any atom is -0.371 e. The van der Waals surface area contributed by atoms with Gasteiger partial charge in [0.25, 0.3) is 0 Å². The van der Waals surface area contributed by atoms with Gasteiger partial charge in [-0.2, -0.15) is 0 Å². The number of benzene rings is 1. The molecule has 116 valence electrons. The van der Waals surface area contributed by atoms with E-state index in [1.807, 2.05) is 0 Å². The molecule has 0 spiro atoms. The summed E-state index contributed by atoms with van der Waals surface area (Å²) in [6.07, 6.45) is 2.05. The molecule has 1 fully saturated rings. The molecule has 0 bridgehead atoms. The number of amides is 1. The van der Waals surface area contributed by atoms with Gasteiger partial charge in [-0.15, -0.1) is 0 Å². The molecule has 4 heteroatoms. The molecule has 1 amide bonds. The van der Waals surface area contributed by atoms with Crippen LogP contribution in [-0.2, 0) is 11.3 Å². The Morgan fingerprint density at radius 3 is 2.62 bits per heavy atom. The summed E-state index contributed by atoms with van der Waals surface area (Å²) in [7, 11) is 0. The summed E-state index contributed by atoms with van der Waals surface area (Å²) in [6, 6.07) is 7.07. The van der Waals surface area contributed by atoms with Crippen LogP contribution in [0.5, 0.6) is 0 Å². The molecule has 0 saturated carbocycles. The maximum absolute atomic E-state index is 11.1. The first-order valence-corrected chi connectivity index (χ1v) is 7.92. The van der Waals surface area contributed by atoms with Crippen molar-refractivity contribution in [1.82, 2.24) is 10.6 Å². The van der Waals surface area contributed by atoms with Gasteiger partial charge in [-0.1, -0.05) is 13.0 Å². The Kier molecular flexibility index (Phi) is 5.62. The molecule has 1 heterocycles. The Labute approximate surface area is 127 Å². The first-order valence-electron chi connectivity index (χ1n) is 7.92. The molecule has 0 aliphatic carbocycles. The van der Waals surface area contributed by atoms with E-state index in [2.05, 4.69) is 47.6 Å². The van der Waals surface area contributed by atoms with E-state index in [4.69, 9.17) is 0 Å². The van der Waals surface area contributed by atoms with Gasteiger partial charge in [0.15, 0.2) is 0 Å². The fourth-order valence-corrected chi connectivity index (χ4v) is 2.90. The van der Waals surface area contributed by atoms with E-state index in [-0.39, 0.29) is 5.91 Å². The number of hydrogen-bond acceptors (Lipinski definition) is 3. The lowest BCUT2D eigenvalue weighted by Crippen LogP contribution is -2.44. The smallest absolute Gasteiger partial charge is 0.217 e. The van der Waals surface area contributed by atoms with Crippen LogP contribution in [0.25, 0.3) is 0 Å². The minimum absolute atomic E-state index is 0.0806. The van der Waals surface area contributed by atoms with Crippen LogP contribution >= 0.6 is 0 Å². The molecule has 1 aliphatic heterocycles. The van der Waals surface area contributed by atoms with Gasteiger partial charge in [-0.3, -0.25) is 4.79 Å². The summed E-state index contributed by atoms with van der Waals surface area (Å²) in [5.41, 5.74) is 4.01. The number of hydrogen-bond donors (Lipinski definition) is 2. The number of aryl methyl sites for hydroxylation is 1. The summed E-state index contributed by atoms with van der Waals surface area (Å²) >= 11 is 0. The predicted octanol–water partition coefficient (Wildman–Crippen LogP) is 2.21. The first kappa shape index (κ1) is 15.8. The van der Waals surface area contributed by atoms with E-state index in [1.165, 1.54) is 16.8 Å². The number of carbonyl (C=O) groups is 1. The minimum atomic E-state index is 0.0806. The van der Waals surface area contributed by atoms with Crippen LogP contribution in [0.4, 0.5) is 5.69 Å². The number of carbonyl (C=O) groups excluding carboxylic acids is 1. The topological polar surface area (TPSA) is 44.4 Å². The third-order valence-corrected chi connectivity index (χ3v) is 4.16. The first-order chi connectivity index (χ1) is 10.1.